The van der Waals surface area contributed by atoms with Crippen LogP contribution in [0.4, 0.5) is 14.5 Å². The summed E-state index contributed by atoms with van der Waals surface area (Å²) in [5, 5.41) is 2.45. The molecule has 0 heterocycles. The van der Waals surface area contributed by atoms with Crippen LogP contribution >= 0.6 is 15.9 Å². The molecule has 0 saturated carbocycles. The average Bonchev–Trinajstić information content (AvgIpc) is 2.53. The molecule has 0 aliphatic heterocycles. The molecule has 126 valence electrons. The van der Waals surface area contributed by atoms with E-state index in [0.29, 0.717) is 10.0 Å². The van der Waals surface area contributed by atoms with Gasteiger partial charge in [0.25, 0.3) is 5.91 Å². The number of esters is 1. The highest BCUT2D eigenvalue weighted by Gasteiger charge is 2.21. The monoisotopic (exact) mass is 397 g/mol. The molecule has 0 unspecified atom stereocenters. The molecule has 0 saturated heterocycles. The van der Waals surface area contributed by atoms with E-state index in [1.54, 1.807) is 6.92 Å². The summed E-state index contributed by atoms with van der Waals surface area (Å²) in [4.78, 5) is 24.1. The Hall–Kier alpha value is -2.28. The van der Waals surface area contributed by atoms with Crippen molar-refractivity contribution in [1.29, 1.82) is 0 Å². The van der Waals surface area contributed by atoms with Crippen LogP contribution in [-0.2, 0) is 9.53 Å². The zero-order valence-electron chi connectivity index (χ0n) is 12.9. The van der Waals surface area contributed by atoms with Crippen molar-refractivity contribution in [3.63, 3.8) is 0 Å². The third kappa shape index (κ3) is 4.38. The van der Waals surface area contributed by atoms with Crippen molar-refractivity contribution < 1.29 is 23.1 Å². The van der Waals surface area contributed by atoms with E-state index >= 15 is 0 Å². The number of nitrogens with one attached hydrogen (secondary N) is 1. The van der Waals surface area contributed by atoms with Gasteiger partial charge < -0.3 is 10.1 Å². The molecule has 2 aromatic rings. The van der Waals surface area contributed by atoms with Crippen LogP contribution in [0.25, 0.3) is 0 Å². The first-order valence-electron chi connectivity index (χ1n) is 7.01. The van der Waals surface area contributed by atoms with Gasteiger partial charge in [0.1, 0.15) is 11.6 Å². The molecule has 0 fully saturated rings. The normalized spacial score (nSPS) is 11.7. The van der Waals surface area contributed by atoms with E-state index < -0.39 is 29.6 Å². The Morgan fingerprint density at radius 2 is 1.88 bits per heavy atom. The van der Waals surface area contributed by atoms with Gasteiger partial charge in [-0.15, -0.1) is 0 Å². The molecule has 0 bridgehead atoms. The molecule has 1 amide bonds. The average molecular weight is 398 g/mol. The lowest BCUT2D eigenvalue weighted by Gasteiger charge is -2.14. The predicted molar refractivity (Wildman–Crippen MR) is 88.7 cm³/mol. The lowest BCUT2D eigenvalue weighted by molar-refractivity contribution is -0.123. The van der Waals surface area contributed by atoms with E-state index in [1.165, 1.54) is 37.3 Å². The maximum atomic E-state index is 13.5. The number of ether oxygens (including phenoxy) is 1. The fraction of sp³-hybridized carbons (Fsp3) is 0.176. The SMILES string of the molecule is Cc1ccc(NC(=O)[C@@H](C)OC(=O)c2cc(F)ccc2Br)cc1F. The van der Waals surface area contributed by atoms with E-state index in [0.717, 1.165) is 6.07 Å². The van der Waals surface area contributed by atoms with Crippen molar-refractivity contribution in [3.8, 4) is 0 Å². The van der Waals surface area contributed by atoms with E-state index in [4.69, 9.17) is 4.74 Å². The lowest BCUT2D eigenvalue weighted by Crippen LogP contribution is -2.30. The quantitative estimate of drug-likeness (QED) is 0.785. The number of hydrogen-bond acceptors (Lipinski definition) is 3. The summed E-state index contributed by atoms with van der Waals surface area (Å²) in [6.07, 6.45) is -1.14. The van der Waals surface area contributed by atoms with Crippen LogP contribution in [0.5, 0.6) is 0 Å². The topological polar surface area (TPSA) is 55.4 Å². The Morgan fingerprint density at radius 3 is 2.54 bits per heavy atom. The summed E-state index contributed by atoms with van der Waals surface area (Å²) in [6.45, 7) is 2.97. The second-order valence-electron chi connectivity index (χ2n) is 5.12. The van der Waals surface area contributed by atoms with Gasteiger partial charge in [-0.3, -0.25) is 4.79 Å². The van der Waals surface area contributed by atoms with Crippen LogP contribution in [0, 0.1) is 18.6 Å². The first-order valence-corrected chi connectivity index (χ1v) is 7.80. The standard InChI is InChI=1S/C17H14BrF2NO3/c1-9-3-5-12(8-15(9)20)21-16(22)10(2)24-17(23)13-7-11(19)4-6-14(13)18/h3-8,10H,1-2H3,(H,21,22)/t10-/m1/s1. The largest absolute Gasteiger partial charge is 0.449 e. The highest BCUT2D eigenvalue weighted by molar-refractivity contribution is 9.10. The smallest absolute Gasteiger partial charge is 0.340 e. The number of carbonyl (C=O) groups is 2. The van der Waals surface area contributed by atoms with Crippen LogP contribution in [0.15, 0.2) is 40.9 Å². The number of aryl methyl sites for hydroxylation is 1. The van der Waals surface area contributed by atoms with Gasteiger partial charge in [0.15, 0.2) is 6.10 Å². The number of anilines is 1. The third-order valence-corrected chi connectivity index (χ3v) is 3.93. The molecule has 1 atom stereocenters. The summed E-state index contributed by atoms with van der Waals surface area (Å²) in [5.41, 5.74) is 0.664. The lowest BCUT2D eigenvalue weighted by atomic mass is 10.2. The zero-order chi connectivity index (χ0) is 17.9. The van der Waals surface area contributed by atoms with Gasteiger partial charge in [-0.2, -0.15) is 0 Å². The minimum atomic E-state index is -1.14. The highest BCUT2D eigenvalue weighted by atomic mass is 79.9. The molecule has 2 aromatic carbocycles. The maximum Gasteiger partial charge on any atom is 0.340 e. The molecule has 4 nitrogen and oxygen atoms in total. The maximum absolute atomic E-state index is 13.5. The molecular weight excluding hydrogens is 384 g/mol. The number of rotatable bonds is 4. The molecule has 1 N–H and O–H groups in total. The van der Waals surface area contributed by atoms with Gasteiger partial charge >= 0.3 is 5.97 Å². The second kappa shape index (κ2) is 7.53. The van der Waals surface area contributed by atoms with Crippen molar-refractivity contribution in [2.75, 3.05) is 5.32 Å². The van der Waals surface area contributed by atoms with Gasteiger partial charge in [0.2, 0.25) is 0 Å². The molecule has 0 aliphatic rings. The van der Waals surface area contributed by atoms with Crippen molar-refractivity contribution in [2.45, 2.75) is 20.0 Å². The Labute approximate surface area is 145 Å². The number of amides is 1. The van der Waals surface area contributed by atoms with Crippen LogP contribution in [-0.4, -0.2) is 18.0 Å². The van der Waals surface area contributed by atoms with Crippen LogP contribution in [0.1, 0.15) is 22.8 Å². The van der Waals surface area contributed by atoms with Crippen LogP contribution < -0.4 is 5.32 Å². The minimum absolute atomic E-state index is 0.0315. The molecule has 0 aliphatic carbocycles. The second-order valence-corrected chi connectivity index (χ2v) is 5.98. The van der Waals surface area contributed by atoms with Gasteiger partial charge in [-0.05, 0) is 65.7 Å². The summed E-state index contributed by atoms with van der Waals surface area (Å²) < 4.78 is 32.1. The molecule has 0 spiro atoms. The number of halogens is 3. The van der Waals surface area contributed by atoms with E-state index in [-0.39, 0.29) is 11.3 Å². The van der Waals surface area contributed by atoms with E-state index in [2.05, 4.69) is 21.2 Å². The van der Waals surface area contributed by atoms with Crippen molar-refractivity contribution in [1.82, 2.24) is 0 Å². The zero-order valence-corrected chi connectivity index (χ0v) is 14.5. The van der Waals surface area contributed by atoms with Crippen LogP contribution in [0.3, 0.4) is 0 Å². The van der Waals surface area contributed by atoms with Gasteiger partial charge in [-0.1, -0.05) is 6.07 Å². The molecule has 2 rings (SSSR count). The summed E-state index contributed by atoms with van der Waals surface area (Å²) in [5.74, 6) is -2.53. The summed E-state index contributed by atoms with van der Waals surface area (Å²) in [6, 6.07) is 7.78. The molecule has 24 heavy (non-hydrogen) atoms. The molecule has 0 aromatic heterocycles. The fourth-order valence-electron chi connectivity index (χ4n) is 1.85. The molecule has 7 heteroatoms. The van der Waals surface area contributed by atoms with E-state index in [1.807, 2.05) is 0 Å². The van der Waals surface area contributed by atoms with Gasteiger partial charge in [0.05, 0.1) is 5.56 Å². The van der Waals surface area contributed by atoms with Crippen molar-refractivity contribution >= 4 is 33.5 Å². The number of carbonyl (C=O) groups excluding carboxylic acids is 2. The summed E-state index contributed by atoms with van der Waals surface area (Å²) in [7, 11) is 0. The van der Waals surface area contributed by atoms with Gasteiger partial charge in [-0.25, -0.2) is 13.6 Å². The Kier molecular flexibility index (Phi) is 5.66. The number of benzene rings is 2. The Morgan fingerprint density at radius 1 is 1.17 bits per heavy atom. The molecular formula is C17H14BrF2NO3. The first kappa shape index (κ1) is 18.1. The summed E-state index contributed by atoms with van der Waals surface area (Å²) >= 11 is 3.12. The number of hydrogen-bond donors (Lipinski definition) is 1. The molecule has 0 radical (unpaired) electrons. The van der Waals surface area contributed by atoms with E-state index in [9.17, 15) is 18.4 Å². The van der Waals surface area contributed by atoms with Crippen molar-refractivity contribution in [3.05, 3.63) is 63.6 Å². The Balaban J connectivity index is 2.04. The van der Waals surface area contributed by atoms with Gasteiger partial charge in [0, 0.05) is 10.2 Å². The minimum Gasteiger partial charge on any atom is -0.449 e. The van der Waals surface area contributed by atoms with Crippen molar-refractivity contribution in [2.24, 2.45) is 0 Å². The Bertz CT molecular complexity index is 795. The fourth-order valence-corrected chi connectivity index (χ4v) is 2.25. The van der Waals surface area contributed by atoms with Crippen LogP contribution in [0.2, 0.25) is 0 Å². The highest BCUT2D eigenvalue weighted by Crippen LogP contribution is 2.20. The third-order valence-electron chi connectivity index (χ3n) is 3.24. The first-order chi connectivity index (χ1) is 11.3. The predicted octanol–water partition coefficient (Wildman–Crippen LogP) is 4.22.